The highest BCUT2D eigenvalue weighted by Crippen LogP contribution is 2.42. The topological polar surface area (TPSA) is 82.3 Å². The number of aromatic nitrogens is 5. The minimum Gasteiger partial charge on any atom is -0.354 e. The summed E-state index contributed by atoms with van der Waals surface area (Å²) >= 11 is 0. The summed E-state index contributed by atoms with van der Waals surface area (Å²) in [6.45, 7) is 19.8. The molecule has 0 amide bonds. The Morgan fingerprint density at radius 3 is 1.09 bits per heavy atom. The van der Waals surface area contributed by atoms with Crippen LogP contribution >= 0.6 is 0 Å². The molecule has 64 heavy (non-hydrogen) atoms. The van der Waals surface area contributed by atoms with Gasteiger partial charge in [-0.15, -0.1) is 0 Å². The molecule has 2 aliphatic heterocycles. The van der Waals surface area contributed by atoms with Gasteiger partial charge < -0.3 is 15.3 Å². The zero-order valence-corrected chi connectivity index (χ0v) is 38.0. The van der Waals surface area contributed by atoms with E-state index >= 15 is 0 Å². The first-order valence-corrected chi connectivity index (χ1v) is 22.1. The van der Waals surface area contributed by atoms with Gasteiger partial charge in [0.15, 0.2) is 0 Å². The summed E-state index contributed by atoms with van der Waals surface area (Å²) in [6.07, 6.45) is 10.6. The third kappa shape index (κ3) is 7.25. The van der Waals surface area contributed by atoms with Crippen molar-refractivity contribution in [2.24, 2.45) is 0 Å². The van der Waals surface area contributed by atoms with Crippen molar-refractivity contribution in [3.05, 3.63) is 182 Å². The van der Waals surface area contributed by atoms with Crippen molar-refractivity contribution in [2.45, 2.75) is 62.3 Å². The molecule has 314 valence electrons. The number of aryl methyl sites for hydroxylation is 9. The Morgan fingerprint density at radius 2 is 0.734 bits per heavy atom. The first-order valence-electron chi connectivity index (χ1n) is 22.1. The van der Waals surface area contributed by atoms with Crippen molar-refractivity contribution < 1.29 is 0 Å². The highest BCUT2D eigenvalue weighted by molar-refractivity contribution is 6.01. The van der Waals surface area contributed by atoms with E-state index in [1.54, 1.807) is 6.20 Å². The Kier molecular flexibility index (Phi) is 10.1. The predicted molar refractivity (Wildman–Crippen MR) is 271 cm³/mol. The molecule has 0 aliphatic carbocycles. The van der Waals surface area contributed by atoms with Crippen molar-refractivity contribution in [1.82, 2.24) is 24.9 Å². The number of benzene rings is 4. The second-order valence-electron chi connectivity index (χ2n) is 17.7. The molecule has 0 fully saturated rings. The van der Waals surface area contributed by atoms with E-state index in [0.29, 0.717) is 0 Å². The summed E-state index contributed by atoms with van der Waals surface area (Å²) in [5.74, 6) is 0.795. The lowest BCUT2D eigenvalue weighted by Gasteiger charge is -2.14. The fourth-order valence-electron chi connectivity index (χ4n) is 10.3. The molecule has 6 nitrogen and oxygen atoms in total. The van der Waals surface area contributed by atoms with Crippen molar-refractivity contribution in [2.75, 3.05) is 5.32 Å². The average molecular weight is 833 g/mol. The maximum Gasteiger partial charge on any atom is 0.130 e. The van der Waals surface area contributed by atoms with Gasteiger partial charge in [-0.3, -0.25) is 0 Å². The van der Waals surface area contributed by atoms with Gasteiger partial charge in [-0.1, -0.05) is 71.3 Å². The number of hydrogen-bond donors (Lipinski definition) is 3. The van der Waals surface area contributed by atoms with Crippen LogP contribution in [-0.2, 0) is 0 Å². The van der Waals surface area contributed by atoms with E-state index in [0.717, 1.165) is 84.2 Å². The molecule has 0 radical (unpaired) electrons. The lowest BCUT2D eigenvalue weighted by molar-refractivity contribution is 1.27. The number of nitrogens with zero attached hydrogens (tertiary/aromatic N) is 3. The SMILES string of the molecule is Cc1cc(C)c(-c2c3nc(c(-c4c(C)cc(C)cc4C)c4ccc([nH]4)c(-c4c(C)cc(C)cc4C)c4nc(c(-c5ccc(Nc6ccccn6)cc5)c5ccc2[nH]5)C=C4)C=C3)c(C)c1. The molecule has 2 aliphatic rings. The quantitative estimate of drug-likeness (QED) is 0.156. The maximum atomic E-state index is 5.63. The first-order chi connectivity index (χ1) is 30.9. The molecule has 10 rings (SSSR count). The summed E-state index contributed by atoms with van der Waals surface area (Å²) in [7, 11) is 0. The van der Waals surface area contributed by atoms with E-state index in [2.05, 4.69) is 192 Å². The van der Waals surface area contributed by atoms with E-state index in [1.165, 1.54) is 66.8 Å². The van der Waals surface area contributed by atoms with Crippen molar-refractivity contribution in [1.29, 1.82) is 0 Å². The predicted octanol–water partition coefficient (Wildman–Crippen LogP) is 15.2. The van der Waals surface area contributed by atoms with Crippen LogP contribution in [0.3, 0.4) is 0 Å². The third-order valence-electron chi connectivity index (χ3n) is 12.6. The third-order valence-corrected chi connectivity index (χ3v) is 12.6. The molecule has 8 aromatic rings. The molecule has 0 atom stereocenters. The van der Waals surface area contributed by atoms with Gasteiger partial charge in [-0.25, -0.2) is 15.0 Å². The van der Waals surface area contributed by atoms with E-state index < -0.39 is 0 Å². The van der Waals surface area contributed by atoms with Gasteiger partial charge in [0.1, 0.15) is 5.82 Å². The number of anilines is 2. The summed E-state index contributed by atoms with van der Waals surface area (Å²) in [5, 5.41) is 3.45. The number of aromatic amines is 2. The lowest BCUT2D eigenvalue weighted by atomic mass is 9.92. The number of H-pyrrole nitrogens is 2. The molecule has 6 heterocycles. The van der Waals surface area contributed by atoms with Gasteiger partial charge in [0.05, 0.1) is 22.8 Å². The van der Waals surface area contributed by atoms with Crippen molar-refractivity contribution in [3.63, 3.8) is 0 Å². The molecule has 4 aromatic heterocycles. The molecule has 4 aromatic carbocycles. The minimum absolute atomic E-state index is 0.795. The molecule has 6 heteroatoms. The van der Waals surface area contributed by atoms with E-state index in [1.807, 2.05) is 18.2 Å². The van der Waals surface area contributed by atoms with Gasteiger partial charge in [-0.2, -0.15) is 0 Å². The largest absolute Gasteiger partial charge is 0.354 e. The fourth-order valence-corrected chi connectivity index (χ4v) is 10.3. The Labute approximate surface area is 375 Å². The summed E-state index contributed by atoms with van der Waals surface area (Å²) in [6, 6.07) is 37.0. The smallest absolute Gasteiger partial charge is 0.130 e. The zero-order chi connectivity index (χ0) is 44.4. The molecule has 8 bridgehead atoms. The van der Waals surface area contributed by atoms with Crippen LogP contribution in [0, 0.1) is 62.3 Å². The summed E-state index contributed by atoms with van der Waals surface area (Å²) in [4.78, 5) is 23.6. The minimum atomic E-state index is 0.795. The van der Waals surface area contributed by atoms with Crippen LogP contribution in [0.15, 0.2) is 109 Å². The number of nitrogens with one attached hydrogen (secondary N) is 3. The highest BCUT2D eigenvalue weighted by Gasteiger charge is 2.22. The first kappa shape index (κ1) is 40.5. The van der Waals surface area contributed by atoms with Gasteiger partial charge in [0, 0.05) is 56.2 Å². The highest BCUT2D eigenvalue weighted by atomic mass is 15.0. The molecular weight excluding hydrogens is 781 g/mol. The Hall–Kier alpha value is -7.57. The van der Waals surface area contributed by atoms with Crippen molar-refractivity contribution >= 4 is 57.9 Å². The lowest BCUT2D eigenvalue weighted by Crippen LogP contribution is -1.96. The molecule has 0 spiro atoms. The number of hydrogen-bond acceptors (Lipinski definition) is 4. The Morgan fingerprint density at radius 1 is 0.375 bits per heavy atom. The standard InChI is InChI=1S/C58H52N6/c1-32-26-35(4)52(36(5)27-32)56-45-19-17-43(61-45)55(41-13-15-42(16-14-41)60-51-12-10-11-25-59-51)44-18-20-46(62-44)57(53-37(6)28-33(2)29-38(53)7)48-22-24-50(64-48)58(49-23-21-47(56)63-49)54-39(8)30-34(3)31-40(54)9/h10-31,61,64H,1-9H3,(H,59,60). The van der Waals surface area contributed by atoms with Crippen LogP contribution in [0.5, 0.6) is 0 Å². The maximum absolute atomic E-state index is 5.63. The molecular formula is C58H52N6. The number of pyridine rings is 1. The van der Waals surface area contributed by atoms with Crippen LogP contribution in [0.4, 0.5) is 11.5 Å². The number of fused-ring (bicyclic) bond motifs is 8. The number of rotatable bonds is 6. The van der Waals surface area contributed by atoms with E-state index in [9.17, 15) is 0 Å². The van der Waals surface area contributed by atoms with Gasteiger partial charge in [0.2, 0.25) is 0 Å². The monoisotopic (exact) mass is 832 g/mol. The molecule has 0 saturated heterocycles. The van der Waals surface area contributed by atoms with Gasteiger partial charge in [0.25, 0.3) is 0 Å². The second kappa shape index (κ2) is 16.0. The van der Waals surface area contributed by atoms with E-state index in [-0.39, 0.29) is 0 Å². The Balaban J connectivity index is 1.36. The Bertz CT molecular complexity index is 3310. The van der Waals surface area contributed by atoms with E-state index in [4.69, 9.17) is 9.97 Å². The van der Waals surface area contributed by atoms with Crippen LogP contribution < -0.4 is 5.32 Å². The van der Waals surface area contributed by atoms with Gasteiger partial charge >= 0.3 is 0 Å². The zero-order valence-electron chi connectivity index (χ0n) is 38.0. The summed E-state index contributed by atoms with van der Waals surface area (Å²) in [5.41, 5.74) is 28.3. The normalized spacial score (nSPS) is 12.0. The molecule has 0 saturated carbocycles. The molecule has 3 N–H and O–H groups in total. The molecule has 0 unspecified atom stereocenters. The van der Waals surface area contributed by atoms with Crippen LogP contribution in [-0.4, -0.2) is 24.9 Å². The fraction of sp³-hybridized carbons (Fsp3) is 0.155. The summed E-state index contributed by atoms with van der Waals surface area (Å²) < 4.78 is 0. The van der Waals surface area contributed by atoms with Crippen LogP contribution in [0.25, 0.3) is 90.9 Å². The average Bonchev–Trinajstić information content (AvgIpc) is 4.09. The van der Waals surface area contributed by atoms with Crippen LogP contribution in [0.2, 0.25) is 0 Å². The van der Waals surface area contributed by atoms with Crippen molar-refractivity contribution in [3.8, 4) is 44.5 Å². The second-order valence-corrected chi connectivity index (χ2v) is 17.7. The van der Waals surface area contributed by atoms with Crippen LogP contribution in [0.1, 0.15) is 72.8 Å². The van der Waals surface area contributed by atoms with Gasteiger partial charge in [-0.05, 0) is 191 Å².